The van der Waals surface area contributed by atoms with Crippen molar-refractivity contribution in [1.29, 1.82) is 0 Å². The van der Waals surface area contributed by atoms with Crippen molar-refractivity contribution in [2.45, 2.75) is 25.9 Å². The van der Waals surface area contributed by atoms with Crippen molar-refractivity contribution in [3.05, 3.63) is 10.2 Å². The second kappa shape index (κ2) is 4.96. The van der Waals surface area contributed by atoms with Crippen LogP contribution in [-0.2, 0) is 6.54 Å². The van der Waals surface area contributed by atoms with Crippen molar-refractivity contribution >= 4 is 39.6 Å². The molecule has 0 aliphatic carbocycles. The SMILES string of the molecule is CCn1c(I)nc2c(NC3CCNC3)ncnc21. The topological polar surface area (TPSA) is 67.7 Å². The van der Waals surface area contributed by atoms with Crippen LogP contribution in [-0.4, -0.2) is 38.7 Å². The summed E-state index contributed by atoms with van der Waals surface area (Å²) in [6.45, 7) is 5.01. The number of hydrogen-bond acceptors (Lipinski definition) is 5. The second-order valence-corrected chi connectivity index (χ2v) is 5.32. The summed E-state index contributed by atoms with van der Waals surface area (Å²) in [5.74, 6) is 0.846. The number of halogens is 1. The maximum absolute atomic E-state index is 4.57. The third-order valence-electron chi connectivity index (χ3n) is 3.20. The lowest BCUT2D eigenvalue weighted by molar-refractivity contribution is 0.754. The number of anilines is 1. The molecule has 1 unspecified atom stereocenters. The summed E-state index contributed by atoms with van der Waals surface area (Å²) >= 11 is 2.24. The standard InChI is InChI=1S/C11H15IN6/c1-2-18-10-8(17-11(18)12)9(14-6-15-10)16-7-3-4-13-5-7/h6-7,13H,2-5H2,1H3,(H,14,15,16). The van der Waals surface area contributed by atoms with Crippen molar-refractivity contribution in [3.8, 4) is 0 Å². The van der Waals surface area contributed by atoms with Gasteiger partial charge in [0, 0.05) is 41.7 Å². The molecule has 96 valence electrons. The number of hydrogen-bond donors (Lipinski definition) is 2. The van der Waals surface area contributed by atoms with Gasteiger partial charge in [-0.05, 0) is 19.9 Å². The molecule has 1 saturated heterocycles. The summed E-state index contributed by atoms with van der Waals surface area (Å²) in [6.07, 6.45) is 2.73. The molecule has 2 aromatic rings. The van der Waals surface area contributed by atoms with Crippen molar-refractivity contribution in [2.75, 3.05) is 18.4 Å². The van der Waals surface area contributed by atoms with Crippen molar-refractivity contribution in [1.82, 2.24) is 24.8 Å². The van der Waals surface area contributed by atoms with Gasteiger partial charge in [0.05, 0.1) is 0 Å². The Morgan fingerprint density at radius 2 is 2.44 bits per heavy atom. The van der Waals surface area contributed by atoms with E-state index in [1.165, 1.54) is 0 Å². The molecule has 1 fully saturated rings. The third kappa shape index (κ3) is 2.05. The highest BCUT2D eigenvalue weighted by atomic mass is 127. The highest BCUT2D eigenvalue weighted by Crippen LogP contribution is 2.22. The fraction of sp³-hybridized carbons (Fsp3) is 0.545. The lowest BCUT2D eigenvalue weighted by atomic mass is 10.2. The van der Waals surface area contributed by atoms with Crippen LogP contribution in [0, 0.1) is 3.83 Å². The molecule has 6 nitrogen and oxygen atoms in total. The van der Waals surface area contributed by atoms with Crippen LogP contribution in [0.5, 0.6) is 0 Å². The maximum atomic E-state index is 4.57. The second-order valence-electron chi connectivity index (χ2n) is 4.35. The smallest absolute Gasteiger partial charge is 0.173 e. The van der Waals surface area contributed by atoms with Crippen LogP contribution in [0.2, 0.25) is 0 Å². The van der Waals surface area contributed by atoms with Gasteiger partial charge in [-0.1, -0.05) is 0 Å². The molecule has 0 spiro atoms. The molecule has 3 rings (SSSR count). The Labute approximate surface area is 119 Å². The highest BCUT2D eigenvalue weighted by Gasteiger charge is 2.18. The maximum Gasteiger partial charge on any atom is 0.173 e. The van der Waals surface area contributed by atoms with Gasteiger partial charge in [0.2, 0.25) is 0 Å². The van der Waals surface area contributed by atoms with Gasteiger partial charge in [-0.25, -0.2) is 15.0 Å². The van der Waals surface area contributed by atoms with Crippen LogP contribution in [0.1, 0.15) is 13.3 Å². The fourth-order valence-electron chi connectivity index (χ4n) is 2.27. The van der Waals surface area contributed by atoms with Crippen molar-refractivity contribution in [2.24, 2.45) is 0 Å². The van der Waals surface area contributed by atoms with E-state index in [1.807, 2.05) is 0 Å². The lowest BCUT2D eigenvalue weighted by Crippen LogP contribution is -2.22. The van der Waals surface area contributed by atoms with Crippen LogP contribution >= 0.6 is 22.6 Å². The van der Waals surface area contributed by atoms with Gasteiger partial charge in [0.25, 0.3) is 0 Å². The van der Waals surface area contributed by atoms with Crippen LogP contribution < -0.4 is 10.6 Å². The van der Waals surface area contributed by atoms with E-state index in [9.17, 15) is 0 Å². The van der Waals surface area contributed by atoms with E-state index in [-0.39, 0.29) is 0 Å². The Morgan fingerprint density at radius 1 is 1.56 bits per heavy atom. The zero-order valence-corrected chi connectivity index (χ0v) is 12.3. The Balaban J connectivity index is 2.01. The predicted octanol–water partition coefficient (Wildman–Crippen LogP) is 1.22. The van der Waals surface area contributed by atoms with Gasteiger partial charge in [0.15, 0.2) is 20.8 Å². The molecular weight excluding hydrogens is 343 g/mol. The summed E-state index contributed by atoms with van der Waals surface area (Å²) in [5, 5.41) is 6.79. The summed E-state index contributed by atoms with van der Waals surface area (Å²) < 4.78 is 3.05. The highest BCUT2D eigenvalue weighted by molar-refractivity contribution is 14.1. The first-order chi connectivity index (χ1) is 8.79. The predicted molar refractivity (Wildman–Crippen MR) is 78.6 cm³/mol. The Kier molecular flexibility index (Phi) is 3.33. The van der Waals surface area contributed by atoms with Gasteiger partial charge in [-0.15, -0.1) is 0 Å². The van der Waals surface area contributed by atoms with Crippen LogP contribution in [0.4, 0.5) is 5.82 Å². The molecule has 1 aliphatic rings. The Hall–Kier alpha value is -0.960. The molecule has 18 heavy (non-hydrogen) atoms. The largest absolute Gasteiger partial charge is 0.364 e. The Morgan fingerprint density at radius 3 is 3.17 bits per heavy atom. The van der Waals surface area contributed by atoms with Crippen molar-refractivity contribution < 1.29 is 0 Å². The number of aryl methyl sites for hydroxylation is 1. The third-order valence-corrected chi connectivity index (χ3v) is 4.03. The lowest BCUT2D eigenvalue weighted by Gasteiger charge is -2.11. The van der Waals surface area contributed by atoms with Crippen LogP contribution in [0.3, 0.4) is 0 Å². The molecule has 0 amide bonds. The van der Waals surface area contributed by atoms with E-state index in [0.717, 1.165) is 46.9 Å². The van der Waals surface area contributed by atoms with Crippen LogP contribution in [0.25, 0.3) is 11.2 Å². The first-order valence-electron chi connectivity index (χ1n) is 6.13. The normalized spacial score (nSPS) is 19.6. The zero-order valence-electron chi connectivity index (χ0n) is 10.1. The average Bonchev–Trinajstić information content (AvgIpc) is 2.96. The monoisotopic (exact) mass is 358 g/mol. The molecule has 0 saturated carbocycles. The molecule has 7 heteroatoms. The average molecular weight is 358 g/mol. The number of nitrogens with one attached hydrogen (secondary N) is 2. The van der Waals surface area contributed by atoms with Gasteiger partial charge < -0.3 is 15.2 Å². The van der Waals surface area contributed by atoms with Gasteiger partial charge in [-0.3, -0.25) is 0 Å². The quantitative estimate of drug-likeness (QED) is 0.638. The molecule has 2 aromatic heterocycles. The van der Waals surface area contributed by atoms with E-state index in [2.05, 4.69) is 59.7 Å². The van der Waals surface area contributed by atoms with E-state index in [1.54, 1.807) is 6.33 Å². The molecular formula is C11H15IN6. The minimum Gasteiger partial charge on any atom is -0.364 e. The number of nitrogens with zero attached hydrogens (tertiary/aromatic N) is 4. The molecule has 1 atom stereocenters. The minimum absolute atomic E-state index is 0.438. The van der Waals surface area contributed by atoms with Crippen molar-refractivity contribution in [3.63, 3.8) is 0 Å². The number of fused-ring (bicyclic) bond motifs is 1. The molecule has 0 aromatic carbocycles. The van der Waals surface area contributed by atoms with E-state index >= 15 is 0 Å². The summed E-state index contributed by atoms with van der Waals surface area (Å²) in [5.41, 5.74) is 1.78. The number of imidazole rings is 1. The van der Waals surface area contributed by atoms with E-state index in [0.29, 0.717) is 6.04 Å². The van der Waals surface area contributed by atoms with Gasteiger partial charge in [-0.2, -0.15) is 0 Å². The van der Waals surface area contributed by atoms with Crippen LogP contribution in [0.15, 0.2) is 6.33 Å². The summed E-state index contributed by atoms with van der Waals surface area (Å²) in [4.78, 5) is 13.2. The molecule has 0 radical (unpaired) electrons. The number of aromatic nitrogens is 4. The fourth-order valence-corrected chi connectivity index (χ4v) is 3.08. The van der Waals surface area contributed by atoms with E-state index in [4.69, 9.17) is 0 Å². The zero-order chi connectivity index (χ0) is 12.5. The minimum atomic E-state index is 0.438. The first kappa shape index (κ1) is 12.1. The first-order valence-corrected chi connectivity index (χ1v) is 7.21. The van der Waals surface area contributed by atoms with E-state index < -0.39 is 0 Å². The molecule has 2 N–H and O–H groups in total. The summed E-state index contributed by atoms with van der Waals surface area (Å²) in [7, 11) is 0. The van der Waals surface area contributed by atoms with Gasteiger partial charge in [0.1, 0.15) is 6.33 Å². The molecule has 3 heterocycles. The Bertz CT molecular complexity index is 560. The number of rotatable bonds is 3. The molecule has 0 bridgehead atoms. The van der Waals surface area contributed by atoms with Gasteiger partial charge >= 0.3 is 0 Å². The molecule has 1 aliphatic heterocycles. The summed E-state index contributed by atoms with van der Waals surface area (Å²) in [6, 6.07) is 0.438.